The van der Waals surface area contributed by atoms with Crippen molar-refractivity contribution in [2.75, 3.05) is 12.8 Å². The highest BCUT2D eigenvalue weighted by Gasteiger charge is 2.13. The second-order valence-electron chi connectivity index (χ2n) is 4.65. The number of thiophene rings is 1. The van der Waals surface area contributed by atoms with Crippen molar-refractivity contribution in [1.29, 1.82) is 0 Å². The highest BCUT2D eigenvalue weighted by molar-refractivity contribution is 7.10. The normalized spacial score (nSPS) is 10.4. The van der Waals surface area contributed by atoms with E-state index in [1.807, 2.05) is 31.3 Å². The molecule has 1 aromatic heterocycles. The van der Waals surface area contributed by atoms with Gasteiger partial charge < -0.3 is 10.6 Å². The van der Waals surface area contributed by atoms with Crippen LogP contribution in [0.3, 0.4) is 0 Å². The summed E-state index contributed by atoms with van der Waals surface area (Å²) in [6.45, 7) is 2.73. The average Bonchev–Trinajstić information content (AvgIpc) is 2.78. The molecule has 3 nitrogen and oxygen atoms in total. The third-order valence-corrected chi connectivity index (χ3v) is 4.18. The van der Waals surface area contributed by atoms with Crippen molar-refractivity contribution in [3.63, 3.8) is 0 Å². The van der Waals surface area contributed by atoms with Crippen LogP contribution in [0.5, 0.6) is 0 Å². The van der Waals surface area contributed by atoms with Crippen LogP contribution in [0.15, 0.2) is 35.7 Å². The molecule has 0 fully saturated rings. The molecule has 0 bridgehead atoms. The Kier molecular flexibility index (Phi) is 4.22. The number of nitrogens with zero attached hydrogens (tertiary/aromatic N) is 1. The van der Waals surface area contributed by atoms with Gasteiger partial charge in [-0.3, -0.25) is 4.79 Å². The van der Waals surface area contributed by atoms with Crippen molar-refractivity contribution >= 4 is 22.9 Å². The molecule has 1 aromatic carbocycles. The Labute approximate surface area is 117 Å². The average molecular weight is 274 g/mol. The predicted molar refractivity (Wildman–Crippen MR) is 80.1 cm³/mol. The second-order valence-corrected chi connectivity index (χ2v) is 5.65. The standard InChI is InChI=1S/C15H18N2OS/c1-11-7-8-19-14(11)10-17(2)15(18)9-12-5-3-4-6-13(12)16/h3-8H,9-10,16H2,1-2H3. The minimum absolute atomic E-state index is 0.0886. The largest absolute Gasteiger partial charge is 0.398 e. The number of hydrogen-bond acceptors (Lipinski definition) is 3. The number of amides is 1. The van der Waals surface area contributed by atoms with E-state index in [1.54, 1.807) is 16.2 Å². The highest BCUT2D eigenvalue weighted by Crippen LogP contribution is 2.18. The fraction of sp³-hybridized carbons (Fsp3) is 0.267. The van der Waals surface area contributed by atoms with Crippen molar-refractivity contribution in [3.8, 4) is 0 Å². The minimum Gasteiger partial charge on any atom is -0.398 e. The van der Waals surface area contributed by atoms with Crippen LogP contribution in [-0.4, -0.2) is 17.9 Å². The fourth-order valence-electron chi connectivity index (χ4n) is 1.86. The van der Waals surface area contributed by atoms with Gasteiger partial charge in [-0.15, -0.1) is 11.3 Å². The second kappa shape index (κ2) is 5.89. The Morgan fingerprint density at radius 1 is 1.32 bits per heavy atom. The SMILES string of the molecule is Cc1ccsc1CN(C)C(=O)Cc1ccccc1N. The van der Waals surface area contributed by atoms with Gasteiger partial charge in [0, 0.05) is 17.6 Å². The number of para-hydroxylation sites is 1. The van der Waals surface area contributed by atoms with E-state index in [0.29, 0.717) is 18.7 Å². The number of aryl methyl sites for hydroxylation is 1. The summed E-state index contributed by atoms with van der Waals surface area (Å²) in [7, 11) is 1.83. The number of likely N-dealkylation sites (N-methyl/N-ethyl adjacent to an activating group) is 1. The molecule has 2 rings (SSSR count). The molecular formula is C15H18N2OS. The van der Waals surface area contributed by atoms with Crippen molar-refractivity contribution < 1.29 is 4.79 Å². The van der Waals surface area contributed by atoms with Crippen LogP contribution in [0.2, 0.25) is 0 Å². The number of carbonyl (C=O) groups is 1. The first-order chi connectivity index (χ1) is 9.08. The van der Waals surface area contributed by atoms with Gasteiger partial charge in [0.25, 0.3) is 0 Å². The molecule has 1 heterocycles. The first kappa shape index (κ1) is 13.6. The van der Waals surface area contributed by atoms with Gasteiger partial charge in [-0.1, -0.05) is 18.2 Å². The number of benzene rings is 1. The number of nitrogen functional groups attached to an aromatic ring is 1. The van der Waals surface area contributed by atoms with E-state index in [2.05, 4.69) is 18.4 Å². The van der Waals surface area contributed by atoms with Crippen LogP contribution in [0.4, 0.5) is 5.69 Å². The molecule has 19 heavy (non-hydrogen) atoms. The fourth-order valence-corrected chi connectivity index (χ4v) is 2.82. The van der Waals surface area contributed by atoms with E-state index < -0.39 is 0 Å². The Balaban J connectivity index is 2.00. The summed E-state index contributed by atoms with van der Waals surface area (Å²) in [6.07, 6.45) is 0.355. The van der Waals surface area contributed by atoms with Crippen molar-refractivity contribution in [3.05, 3.63) is 51.7 Å². The smallest absolute Gasteiger partial charge is 0.227 e. The first-order valence-electron chi connectivity index (χ1n) is 6.18. The summed E-state index contributed by atoms with van der Waals surface area (Å²) in [5, 5.41) is 2.05. The zero-order chi connectivity index (χ0) is 13.8. The minimum atomic E-state index is 0.0886. The number of anilines is 1. The zero-order valence-corrected chi connectivity index (χ0v) is 12.0. The molecule has 100 valence electrons. The molecule has 0 saturated heterocycles. The predicted octanol–water partition coefficient (Wildman–Crippen LogP) is 2.84. The zero-order valence-electron chi connectivity index (χ0n) is 11.2. The van der Waals surface area contributed by atoms with Gasteiger partial charge in [0.1, 0.15) is 0 Å². The van der Waals surface area contributed by atoms with Crippen LogP contribution >= 0.6 is 11.3 Å². The third kappa shape index (κ3) is 3.35. The molecule has 2 N–H and O–H groups in total. The summed E-state index contributed by atoms with van der Waals surface area (Å²) in [5.74, 6) is 0.0886. The third-order valence-electron chi connectivity index (χ3n) is 3.17. The summed E-state index contributed by atoms with van der Waals surface area (Å²) in [5.41, 5.74) is 8.67. The number of hydrogen-bond donors (Lipinski definition) is 1. The number of rotatable bonds is 4. The van der Waals surface area contributed by atoms with E-state index in [1.165, 1.54) is 10.4 Å². The Morgan fingerprint density at radius 3 is 2.68 bits per heavy atom. The Morgan fingerprint density at radius 2 is 2.05 bits per heavy atom. The molecule has 0 spiro atoms. The van der Waals surface area contributed by atoms with Crippen molar-refractivity contribution in [1.82, 2.24) is 4.90 Å². The van der Waals surface area contributed by atoms with Gasteiger partial charge in [-0.25, -0.2) is 0 Å². The lowest BCUT2D eigenvalue weighted by Crippen LogP contribution is -2.27. The lowest BCUT2D eigenvalue weighted by molar-refractivity contribution is -0.129. The Hall–Kier alpha value is -1.81. The van der Waals surface area contributed by atoms with Crippen molar-refractivity contribution in [2.24, 2.45) is 0 Å². The summed E-state index contributed by atoms with van der Waals surface area (Å²) in [6, 6.07) is 9.58. The van der Waals surface area contributed by atoms with E-state index in [0.717, 1.165) is 5.56 Å². The van der Waals surface area contributed by atoms with Gasteiger partial charge >= 0.3 is 0 Å². The lowest BCUT2D eigenvalue weighted by Gasteiger charge is -2.17. The van der Waals surface area contributed by atoms with Crippen LogP contribution in [-0.2, 0) is 17.8 Å². The number of carbonyl (C=O) groups excluding carboxylic acids is 1. The van der Waals surface area contributed by atoms with Crippen molar-refractivity contribution in [2.45, 2.75) is 19.9 Å². The highest BCUT2D eigenvalue weighted by atomic mass is 32.1. The molecule has 0 aliphatic heterocycles. The lowest BCUT2D eigenvalue weighted by atomic mass is 10.1. The van der Waals surface area contributed by atoms with E-state index in [-0.39, 0.29) is 5.91 Å². The molecule has 0 aliphatic carbocycles. The quantitative estimate of drug-likeness (QED) is 0.871. The molecule has 0 unspecified atom stereocenters. The maximum Gasteiger partial charge on any atom is 0.227 e. The molecule has 2 aromatic rings. The van der Waals surface area contributed by atoms with E-state index in [9.17, 15) is 4.79 Å². The summed E-state index contributed by atoms with van der Waals surface area (Å²) in [4.78, 5) is 15.2. The van der Waals surface area contributed by atoms with Crippen LogP contribution in [0, 0.1) is 6.92 Å². The summed E-state index contributed by atoms with van der Waals surface area (Å²) >= 11 is 1.69. The van der Waals surface area contributed by atoms with Crippen LogP contribution < -0.4 is 5.73 Å². The van der Waals surface area contributed by atoms with Gasteiger partial charge in [-0.2, -0.15) is 0 Å². The molecule has 0 saturated carbocycles. The maximum atomic E-state index is 12.2. The van der Waals surface area contributed by atoms with E-state index >= 15 is 0 Å². The molecule has 0 radical (unpaired) electrons. The molecule has 0 aliphatic rings. The maximum absolute atomic E-state index is 12.2. The molecule has 1 amide bonds. The summed E-state index contributed by atoms with van der Waals surface area (Å²) < 4.78 is 0. The van der Waals surface area contributed by atoms with E-state index in [4.69, 9.17) is 5.73 Å². The van der Waals surface area contributed by atoms with Crippen LogP contribution in [0.25, 0.3) is 0 Å². The molecule has 0 atom stereocenters. The first-order valence-corrected chi connectivity index (χ1v) is 7.06. The van der Waals surface area contributed by atoms with Gasteiger partial charge in [0.05, 0.1) is 13.0 Å². The molecule has 4 heteroatoms. The topological polar surface area (TPSA) is 46.3 Å². The number of nitrogens with two attached hydrogens (primary N) is 1. The monoisotopic (exact) mass is 274 g/mol. The Bertz CT molecular complexity index is 577. The van der Waals surface area contributed by atoms with Crippen LogP contribution in [0.1, 0.15) is 16.0 Å². The molecular weight excluding hydrogens is 256 g/mol. The van der Waals surface area contributed by atoms with Gasteiger partial charge in [0.15, 0.2) is 0 Å². The van der Waals surface area contributed by atoms with Gasteiger partial charge in [-0.05, 0) is 35.6 Å². The van der Waals surface area contributed by atoms with Gasteiger partial charge in [0.2, 0.25) is 5.91 Å².